The molecule has 6 rings (SSSR count). The van der Waals surface area contributed by atoms with Gasteiger partial charge in [-0.15, -0.1) is 0 Å². The summed E-state index contributed by atoms with van der Waals surface area (Å²) in [4.78, 5) is 46.0. The van der Waals surface area contributed by atoms with Crippen molar-refractivity contribution < 1.29 is 18.8 Å². The van der Waals surface area contributed by atoms with Gasteiger partial charge in [0.15, 0.2) is 0 Å². The lowest BCUT2D eigenvalue weighted by Crippen LogP contribution is -2.54. The van der Waals surface area contributed by atoms with Gasteiger partial charge in [0.25, 0.3) is 5.91 Å². The van der Waals surface area contributed by atoms with Crippen molar-refractivity contribution in [3.05, 3.63) is 113 Å². The van der Waals surface area contributed by atoms with E-state index >= 15 is 0 Å². The Balaban J connectivity index is 1.37. The van der Waals surface area contributed by atoms with Crippen LogP contribution in [0.4, 0.5) is 21.5 Å². The molecule has 1 fully saturated rings. The normalized spacial score (nSPS) is 17.5. The number of carbonyl (C=O) groups is 3. The Bertz CT molecular complexity index is 1850. The number of nitrogens with two attached hydrogens (primary N) is 1. The third-order valence-electron chi connectivity index (χ3n) is 10.4. The van der Waals surface area contributed by atoms with E-state index in [1.165, 1.54) is 6.07 Å². The lowest BCUT2D eigenvalue weighted by Gasteiger charge is -2.30. The number of hydrogen-bond donors (Lipinski definition) is 2. The van der Waals surface area contributed by atoms with Gasteiger partial charge in [0.05, 0.1) is 29.5 Å². The molecule has 3 amide bonds. The number of benzene rings is 4. The maximum Gasteiger partial charge on any atom is 0.251 e. The predicted octanol–water partition coefficient (Wildman–Crippen LogP) is 8.80. The summed E-state index contributed by atoms with van der Waals surface area (Å²) >= 11 is 6.11. The van der Waals surface area contributed by atoms with Crippen molar-refractivity contribution in [2.75, 3.05) is 16.3 Å². The zero-order chi connectivity index (χ0) is 35.9. The maximum absolute atomic E-state index is 14.8. The fourth-order valence-electron chi connectivity index (χ4n) is 7.72. The van der Waals surface area contributed by atoms with Crippen LogP contribution < -0.4 is 20.9 Å². The van der Waals surface area contributed by atoms with Crippen molar-refractivity contribution in [2.45, 2.75) is 70.9 Å². The number of primary amides is 1. The van der Waals surface area contributed by atoms with E-state index in [9.17, 15) is 18.8 Å². The van der Waals surface area contributed by atoms with Gasteiger partial charge in [0.1, 0.15) is 11.9 Å². The molecular weight excluding hydrogens is 663 g/mol. The number of hydrogen-bond acceptors (Lipinski definition) is 4. The van der Waals surface area contributed by atoms with Crippen LogP contribution in [0.1, 0.15) is 63.9 Å². The number of unbranched alkanes of at least 4 members (excludes halogenated alkanes) is 1. The molecule has 1 saturated carbocycles. The van der Waals surface area contributed by atoms with Crippen molar-refractivity contribution in [1.82, 2.24) is 5.32 Å². The topological polar surface area (TPSA) is 95.7 Å². The van der Waals surface area contributed by atoms with Crippen LogP contribution in [0.2, 0.25) is 5.02 Å². The van der Waals surface area contributed by atoms with E-state index in [0.717, 1.165) is 66.6 Å². The van der Waals surface area contributed by atoms with Gasteiger partial charge in [-0.2, -0.15) is 0 Å². The van der Waals surface area contributed by atoms with Crippen LogP contribution in [0, 0.1) is 23.6 Å². The van der Waals surface area contributed by atoms with Crippen molar-refractivity contribution in [2.24, 2.45) is 23.5 Å². The number of halogens is 2. The summed E-state index contributed by atoms with van der Waals surface area (Å²) in [5, 5.41) is 3.20. The zero-order valence-corrected chi connectivity index (χ0v) is 29.8. The number of nitrogens with zero attached hydrogens (tertiary/aromatic N) is 2. The molecule has 2 aliphatic rings. The summed E-state index contributed by atoms with van der Waals surface area (Å²) in [5.41, 5.74) is 10.8. The van der Waals surface area contributed by atoms with Gasteiger partial charge >= 0.3 is 0 Å². The lowest BCUT2D eigenvalue weighted by molar-refractivity contribution is -0.136. The van der Waals surface area contributed by atoms with Gasteiger partial charge in [-0.05, 0) is 77.9 Å². The molecular formula is C42H46ClFN4O3. The Labute approximate surface area is 305 Å². The van der Waals surface area contributed by atoms with Crippen LogP contribution >= 0.6 is 11.6 Å². The summed E-state index contributed by atoms with van der Waals surface area (Å²) in [7, 11) is 0. The molecule has 3 N–H and O–H groups in total. The SMILES string of the molecule is CCCC[C@H](C(N)=O)[C@@H](CC1CCCC1)C(=O)NC1CN(c2ccccc2)c2ccccc2N(Cc2cccc(-c3ccc(F)c(Cl)c3)c2)C1=O. The van der Waals surface area contributed by atoms with E-state index in [-0.39, 0.29) is 29.9 Å². The van der Waals surface area contributed by atoms with Gasteiger partial charge in [-0.3, -0.25) is 14.4 Å². The highest BCUT2D eigenvalue weighted by molar-refractivity contribution is 6.31. The van der Waals surface area contributed by atoms with Crippen LogP contribution in [-0.2, 0) is 20.9 Å². The second-order valence-electron chi connectivity index (χ2n) is 13.9. The second kappa shape index (κ2) is 16.6. The number of nitrogens with one attached hydrogen (secondary N) is 1. The Morgan fingerprint density at radius 1 is 0.902 bits per heavy atom. The molecule has 266 valence electrons. The quantitative estimate of drug-likeness (QED) is 0.145. The van der Waals surface area contributed by atoms with E-state index < -0.39 is 29.6 Å². The van der Waals surface area contributed by atoms with Crippen molar-refractivity contribution in [1.29, 1.82) is 0 Å². The van der Waals surface area contributed by atoms with E-state index in [1.807, 2.05) is 78.9 Å². The molecule has 9 heteroatoms. The predicted molar refractivity (Wildman–Crippen MR) is 202 cm³/mol. The first-order valence-corrected chi connectivity index (χ1v) is 18.5. The number of carbonyl (C=O) groups excluding carboxylic acids is 3. The van der Waals surface area contributed by atoms with E-state index in [1.54, 1.807) is 17.0 Å². The highest BCUT2D eigenvalue weighted by atomic mass is 35.5. The van der Waals surface area contributed by atoms with Crippen LogP contribution in [0.15, 0.2) is 97.1 Å². The third-order valence-corrected chi connectivity index (χ3v) is 10.7. The van der Waals surface area contributed by atoms with Crippen LogP contribution in [0.3, 0.4) is 0 Å². The minimum Gasteiger partial charge on any atom is -0.369 e. The monoisotopic (exact) mass is 708 g/mol. The first-order chi connectivity index (χ1) is 24.7. The molecule has 1 aliphatic carbocycles. The van der Waals surface area contributed by atoms with Gasteiger partial charge in [0, 0.05) is 17.5 Å². The van der Waals surface area contributed by atoms with E-state index in [2.05, 4.69) is 17.1 Å². The molecule has 0 spiro atoms. The average molecular weight is 709 g/mol. The minimum absolute atomic E-state index is 0.0358. The molecule has 0 saturated heterocycles. The van der Waals surface area contributed by atoms with Crippen molar-refractivity contribution in [3.8, 4) is 11.1 Å². The summed E-state index contributed by atoms with van der Waals surface area (Å²) in [5.74, 6) is -2.38. The molecule has 1 unspecified atom stereocenters. The Hall–Kier alpha value is -4.69. The average Bonchev–Trinajstić information content (AvgIpc) is 3.63. The molecule has 3 atom stereocenters. The third kappa shape index (κ3) is 8.45. The standard InChI is InChI=1S/C42H46ClFN4O3/c1-2-3-18-33(40(45)49)34(24-28-12-7-8-13-28)41(50)46-37-27-47(32-16-5-4-6-17-32)38-19-9-10-20-39(38)48(42(37)51)26-29-14-11-15-30(23-29)31-21-22-36(44)35(43)25-31/h4-6,9-11,14-17,19-23,25,28,33-34,37H,2-3,7-8,12-13,18,24,26-27H2,1H3,(H2,45,49)(H,46,50)/t33-,34+,37?/m0/s1. The Morgan fingerprint density at radius 2 is 1.61 bits per heavy atom. The molecule has 0 radical (unpaired) electrons. The Morgan fingerprint density at radius 3 is 2.31 bits per heavy atom. The molecule has 4 aromatic carbocycles. The first kappa shape index (κ1) is 36.1. The van der Waals surface area contributed by atoms with Crippen molar-refractivity contribution in [3.63, 3.8) is 0 Å². The molecule has 1 aliphatic heterocycles. The van der Waals surface area contributed by atoms with Crippen molar-refractivity contribution >= 4 is 46.4 Å². The molecule has 0 bridgehead atoms. The molecule has 7 nitrogen and oxygen atoms in total. The summed E-state index contributed by atoms with van der Waals surface area (Å²) in [6.45, 7) is 2.48. The number of anilines is 3. The largest absolute Gasteiger partial charge is 0.369 e. The van der Waals surface area contributed by atoms with Gasteiger partial charge < -0.3 is 20.9 Å². The zero-order valence-electron chi connectivity index (χ0n) is 29.1. The highest BCUT2D eigenvalue weighted by Crippen LogP contribution is 2.39. The fraction of sp³-hybridized carbons (Fsp3) is 0.357. The summed E-state index contributed by atoms with van der Waals surface area (Å²) in [6.07, 6.45) is 7.08. The number of rotatable bonds is 13. The van der Waals surface area contributed by atoms with E-state index in [4.69, 9.17) is 17.3 Å². The number of para-hydroxylation sites is 3. The number of amides is 3. The molecule has 0 aromatic heterocycles. The minimum atomic E-state index is -0.921. The van der Waals surface area contributed by atoms with E-state index in [0.29, 0.717) is 24.4 Å². The molecule has 4 aromatic rings. The number of fused-ring (bicyclic) bond motifs is 1. The molecule has 1 heterocycles. The fourth-order valence-corrected chi connectivity index (χ4v) is 7.90. The molecule has 51 heavy (non-hydrogen) atoms. The Kier molecular flexibility index (Phi) is 11.7. The van der Waals surface area contributed by atoms with Crippen LogP contribution in [0.5, 0.6) is 0 Å². The van der Waals surface area contributed by atoms with Gasteiger partial charge in [-0.1, -0.05) is 112 Å². The maximum atomic E-state index is 14.8. The summed E-state index contributed by atoms with van der Waals surface area (Å²) in [6, 6.07) is 29.0. The smallest absolute Gasteiger partial charge is 0.251 e. The highest BCUT2D eigenvalue weighted by Gasteiger charge is 2.40. The lowest BCUT2D eigenvalue weighted by atomic mass is 9.80. The summed E-state index contributed by atoms with van der Waals surface area (Å²) < 4.78 is 14.0. The van der Waals surface area contributed by atoms with Gasteiger partial charge in [-0.25, -0.2) is 4.39 Å². The van der Waals surface area contributed by atoms with Crippen LogP contribution in [0.25, 0.3) is 11.1 Å². The second-order valence-corrected chi connectivity index (χ2v) is 14.3. The van der Waals surface area contributed by atoms with Crippen LogP contribution in [-0.4, -0.2) is 30.3 Å². The van der Waals surface area contributed by atoms with Gasteiger partial charge in [0.2, 0.25) is 11.8 Å². The first-order valence-electron chi connectivity index (χ1n) is 18.1.